The van der Waals surface area contributed by atoms with Crippen LogP contribution in [0.25, 0.3) is 0 Å². The molecule has 70 valence electrons. The van der Waals surface area contributed by atoms with Gasteiger partial charge < -0.3 is 9.84 Å². The van der Waals surface area contributed by atoms with Crippen molar-refractivity contribution < 1.29 is 9.84 Å². The van der Waals surface area contributed by atoms with Gasteiger partial charge in [-0.05, 0) is 19.9 Å². The number of likely N-dealkylation sites (N-methyl/N-ethyl adjacent to an activating group) is 1. The first-order valence-electron chi connectivity index (χ1n) is 4.33. The van der Waals surface area contributed by atoms with Gasteiger partial charge in [-0.1, -0.05) is 0 Å². The molecule has 0 aromatic carbocycles. The van der Waals surface area contributed by atoms with E-state index in [1.807, 2.05) is 0 Å². The lowest BCUT2D eigenvalue weighted by Gasteiger charge is -2.36. The van der Waals surface area contributed by atoms with Crippen LogP contribution < -0.4 is 0 Å². The van der Waals surface area contributed by atoms with Gasteiger partial charge in [0.05, 0.1) is 6.10 Å². The summed E-state index contributed by atoms with van der Waals surface area (Å²) in [6.07, 6.45) is 2.67. The molecule has 3 saturated heterocycles. The summed E-state index contributed by atoms with van der Waals surface area (Å²) >= 11 is 0. The minimum absolute atomic E-state index is 0. The second-order valence-corrected chi connectivity index (χ2v) is 3.99. The number of aliphatic hydroxyl groups is 1. The molecule has 0 saturated carbocycles. The van der Waals surface area contributed by atoms with E-state index in [2.05, 4.69) is 11.9 Å². The molecule has 1 N–H and O–H groups in total. The summed E-state index contributed by atoms with van der Waals surface area (Å²) in [5.41, 5.74) is 0. The molecule has 3 aliphatic rings. The zero-order valence-corrected chi connectivity index (χ0v) is 7.83. The van der Waals surface area contributed by atoms with Crippen molar-refractivity contribution in [1.29, 1.82) is 0 Å². The molecule has 3 heterocycles. The van der Waals surface area contributed by atoms with Gasteiger partial charge in [0, 0.05) is 12.1 Å². The van der Waals surface area contributed by atoms with Gasteiger partial charge in [-0.15, -0.1) is 12.4 Å². The molecule has 4 heteroatoms. The predicted octanol–water partition coefficient (Wildman–Crippen LogP) is 0.0129. The van der Waals surface area contributed by atoms with Crippen LogP contribution in [-0.2, 0) is 4.74 Å². The van der Waals surface area contributed by atoms with E-state index in [9.17, 15) is 5.11 Å². The van der Waals surface area contributed by atoms with Crippen LogP contribution in [0, 0.1) is 0 Å². The van der Waals surface area contributed by atoms with E-state index >= 15 is 0 Å². The van der Waals surface area contributed by atoms with Crippen molar-refractivity contribution in [2.45, 2.75) is 43.2 Å². The first-order chi connectivity index (χ1) is 5.27. The highest BCUT2D eigenvalue weighted by Crippen LogP contribution is 2.47. The van der Waals surface area contributed by atoms with E-state index in [0.29, 0.717) is 24.3 Å². The third kappa shape index (κ3) is 0.940. The third-order valence-corrected chi connectivity index (χ3v) is 3.39. The third-order valence-electron chi connectivity index (χ3n) is 3.39. The Morgan fingerprint density at radius 1 is 1.25 bits per heavy atom. The second kappa shape index (κ2) is 2.58. The number of aliphatic hydroxyl groups excluding tert-OH is 1. The number of rotatable bonds is 0. The minimum Gasteiger partial charge on any atom is -0.393 e. The lowest BCUT2D eigenvalue weighted by molar-refractivity contribution is 0.00149. The van der Waals surface area contributed by atoms with Crippen LogP contribution in [-0.4, -0.2) is 47.4 Å². The fraction of sp³-hybridized carbons (Fsp3) is 1.00. The zero-order valence-electron chi connectivity index (χ0n) is 7.01. The van der Waals surface area contributed by atoms with Crippen molar-refractivity contribution in [3.8, 4) is 0 Å². The lowest BCUT2D eigenvalue weighted by Crippen LogP contribution is -2.46. The van der Waals surface area contributed by atoms with Gasteiger partial charge in [-0.25, -0.2) is 0 Å². The Kier molecular flexibility index (Phi) is 1.88. The summed E-state index contributed by atoms with van der Waals surface area (Å²) in [7, 11) is 2.15. The Hall–Kier alpha value is 0.170. The minimum atomic E-state index is -0.0717. The maximum atomic E-state index is 9.46. The van der Waals surface area contributed by atoms with Crippen LogP contribution in [0.5, 0.6) is 0 Å². The Labute approximate surface area is 78.1 Å². The molecule has 3 rings (SSSR count). The summed E-state index contributed by atoms with van der Waals surface area (Å²) < 4.78 is 5.49. The molecule has 0 spiro atoms. The van der Waals surface area contributed by atoms with Crippen LogP contribution in [0.2, 0.25) is 0 Å². The van der Waals surface area contributed by atoms with E-state index in [4.69, 9.17) is 4.74 Å². The number of fused-ring (bicyclic) bond motifs is 5. The number of ether oxygens (including phenoxy) is 1. The van der Waals surface area contributed by atoms with E-state index in [0.717, 1.165) is 12.8 Å². The van der Waals surface area contributed by atoms with E-state index in [1.54, 1.807) is 0 Å². The molecule has 12 heavy (non-hydrogen) atoms. The van der Waals surface area contributed by atoms with Gasteiger partial charge in [0.15, 0.2) is 0 Å². The summed E-state index contributed by atoms with van der Waals surface area (Å²) in [5.74, 6) is 0. The zero-order chi connectivity index (χ0) is 7.59. The molecular weight excluding hydrogens is 178 g/mol. The van der Waals surface area contributed by atoms with Crippen molar-refractivity contribution in [2.24, 2.45) is 0 Å². The fourth-order valence-electron chi connectivity index (χ4n) is 2.72. The first kappa shape index (κ1) is 8.75. The number of piperidine rings is 1. The highest BCUT2D eigenvalue weighted by atomic mass is 35.5. The van der Waals surface area contributed by atoms with Gasteiger partial charge >= 0.3 is 0 Å². The highest BCUT2D eigenvalue weighted by molar-refractivity contribution is 5.85. The molecule has 3 fully saturated rings. The molecule has 5 atom stereocenters. The van der Waals surface area contributed by atoms with Crippen LogP contribution in [0.1, 0.15) is 12.8 Å². The van der Waals surface area contributed by atoms with Crippen molar-refractivity contribution in [3.05, 3.63) is 0 Å². The molecular formula is C8H14ClNO2. The average Bonchev–Trinajstić information content (AvgIpc) is 2.66. The van der Waals surface area contributed by atoms with Crippen LogP contribution >= 0.6 is 12.4 Å². The number of hydrogen-bond acceptors (Lipinski definition) is 3. The van der Waals surface area contributed by atoms with Crippen LogP contribution in [0.15, 0.2) is 0 Å². The van der Waals surface area contributed by atoms with Crippen molar-refractivity contribution in [2.75, 3.05) is 7.05 Å². The number of morpholine rings is 1. The van der Waals surface area contributed by atoms with Crippen molar-refractivity contribution in [3.63, 3.8) is 0 Å². The summed E-state index contributed by atoms with van der Waals surface area (Å²) in [4.78, 5) is 2.38. The lowest BCUT2D eigenvalue weighted by atomic mass is 10.00. The molecule has 2 unspecified atom stereocenters. The summed E-state index contributed by atoms with van der Waals surface area (Å²) in [5, 5.41) is 9.46. The van der Waals surface area contributed by atoms with Gasteiger partial charge in [0.2, 0.25) is 0 Å². The molecule has 0 aromatic heterocycles. The Balaban J connectivity index is 0.000000563. The molecule has 0 radical (unpaired) electrons. The van der Waals surface area contributed by atoms with E-state index in [-0.39, 0.29) is 18.5 Å². The molecule has 3 aliphatic heterocycles. The van der Waals surface area contributed by atoms with Crippen molar-refractivity contribution >= 4 is 12.4 Å². The smallest absolute Gasteiger partial charge is 0.101 e. The normalized spacial score (nSPS) is 56.0. The number of halogens is 1. The Morgan fingerprint density at radius 3 is 2.25 bits per heavy atom. The van der Waals surface area contributed by atoms with E-state index < -0.39 is 0 Å². The summed E-state index contributed by atoms with van der Waals surface area (Å²) in [6, 6.07) is 1.02. The standard InChI is InChI=1S/C8H13NO2.ClH/c1-9-5-2-4(10)3-6(9)8-7(5)11-8;/h4-8,10H,2-3H2,1H3;1H/t4?,5-,6?,7-,8+;/m0./s1. The number of epoxide rings is 1. The molecule has 3 nitrogen and oxygen atoms in total. The van der Waals surface area contributed by atoms with Crippen molar-refractivity contribution in [1.82, 2.24) is 4.90 Å². The predicted molar refractivity (Wildman–Crippen MR) is 46.5 cm³/mol. The van der Waals surface area contributed by atoms with Gasteiger partial charge in [-0.3, -0.25) is 4.90 Å². The number of nitrogens with zero attached hydrogens (tertiary/aromatic N) is 1. The SMILES string of the molecule is CN1C2CC(O)C[C@H]1[C@@H]1O[C@H]21.Cl. The van der Waals surface area contributed by atoms with Gasteiger partial charge in [0.25, 0.3) is 0 Å². The van der Waals surface area contributed by atoms with Gasteiger partial charge in [0.1, 0.15) is 12.2 Å². The van der Waals surface area contributed by atoms with Crippen LogP contribution in [0.3, 0.4) is 0 Å². The Bertz CT molecular complexity index is 183. The molecule has 2 bridgehead atoms. The summed E-state index contributed by atoms with van der Waals surface area (Å²) in [6.45, 7) is 0. The molecule has 0 aromatic rings. The first-order valence-corrected chi connectivity index (χ1v) is 4.33. The number of hydrogen-bond donors (Lipinski definition) is 1. The van der Waals surface area contributed by atoms with E-state index in [1.165, 1.54) is 0 Å². The molecule has 0 aliphatic carbocycles. The highest BCUT2D eigenvalue weighted by Gasteiger charge is 2.62. The topological polar surface area (TPSA) is 36.0 Å². The largest absolute Gasteiger partial charge is 0.393 e. The monoisotopic (exact) mass is 191 g/mol. The van der Waals surface area contributed by atoms with Crippen LogP contribution in [0.4, 0.5) is 0 Å². The fourth-order valence-corrected chi connectivity index (χ4v) is 2.72. The maximum absolute atomic E-state index is 9.46. The second-order valence-electron chi connectivity index (χ2n) is 3.99. The Morgan fingerprint density at radius 2 is 1.75 bits per heavy atom. The quantitative estimate of drug-likeness (QED) is 0.549. The van der Waals surface area contributed by atoms with Gasteiger partial charge in [-0.2, -0.15) is 0 Å². The molecule has 0 amide bonds. The average molecular weight is 192 g/mol. The maximum Gasteiger partial charge on any atom is 0.101 e.